The Morgan fingerprint density at radius 3 is 2.50 bits per heavy atom. The fourth-order valence-electron chi connectivity index (χ4n) is 3.87. The van der Waals surface area contributed by atoms with Gasteiger partial charge in [-0.15, -0.1) is 0 Å². The minimum atomic E-state index is -0.570. The van der Waals surface area contributed by atoms with Crippen LogP contribution in [0.15, 0.2) is 48.5 Å². The molecule has 24 heavy (non-hydrogen) atoms. The fourth-order valence-corrected chi connectivity index (χ4v) is 3.87. The molecule has 0 bridgehead atoms. The molecule has 1 fully saturated rings. The van der Waals surface area contributed by atoms with Crippen molar-refractivity contribution in [2.24, 2.45) is 0 Å². The summed E-state index contributed by atoms with van der Waals surface area (Å²) < 4.78 is 13.7. The van der Waals surface area contributed by atoms with E-state index in [2.05, 4.69) is 19.1 Å². The van der Waals surface area contributed by atoms with Crippen LogP contribution in [0.4, 0.5) is 4.39 Å². The van der Waals surface area contributed by atoms with Crippen molar-refractivity contribution in [2.75, 3.05) is 7.05 Å². The zero-order chi connectivity index (χ0) is 17.2. The first-order valence-corrected chi connectivity index (χ1v) is 8.59. The number of aryl methyl sites for hydroxylation is 1. The van der Waals surface area contributed by atoms with Crippen molar-refractivity contribution in [1.82, 2.24) is 4.90 Å². The van der Waals surface area contributed by atoms with E-state index in [0.29, 0.717) is 6.54 Å². The maximum absolute atomic E-state index is 13.7. The molecule has 1 saturated carbocycles. The summed E-state index contributed by atoms with van der Waals surface area (Å²) in [4.78, 5) is 15.1. The number of amides is 1. The van der Waals surface area contributed by atoms with E-state index in [1.807, 2.05) is 25.2 Å². The van der Waals surface area contributed by atoms with Crippen molar-refractivity contribution in [3.63, 3.8) is 0 Å². The van der Waals surface area contributed by atoms with Gasteiger partial charge in [-0.25, -0.2) is 4.39 Å². The summed E-state index contributed by atoms with van der Waals surface area (Å²) in [7, 11) is 1.86. The Balaban J connectivity index is 1.89. The Morgan fingerprint density at radius 1 is 1.12 bits per heavy atom. The Morgan fingerprint density at radius 2 is 1.83 bits per heavy atom. The van der Waals surface area contributed by atoms with Crippen LogP contribution >= 0.6 is 0 Å². The van der Waals surface area contributed by atoms with Crippen LogP contribution in [-0.2, 0) is 16.8 Å². The van der Waals surface area contributed by atoms with Crippen LogP contribution in [0.3, 0.4) is 0 Å². The number of benzene rings is 2. The first-order chi connectivity index (χ1) is 11.5. The Bertz CT molecular complexity index is 734. The number of likely N-dealkylation sites (N-methyl/N-ethyl adjacent to an activating group) is 1. The van der Waals surface area contributed by atoms with Gasteiger partial charge in [-0.3, -0.25) is 4.79 Å². The molecule has 0 radical (unpaired) electrons. The smallest absolute Gasteiger partial charge is 0.233 e. The van der Waals surface area contributed by atoms with Gasteiger partial charge in [0.15, 0.2) is 0 Å². The highest BCUT2D eigenvalue weighted by molar-refractivity contribution is 5.88. The number of nitrogens with zero attached hydrogens (tertiary/aromatic N) is 1. The van der Waals surface area contributed by atoms with Gasteiger partial charge in [0.1, 0.15) is 5.82 Å². The number of hydrogen-bond acceptors (Lipinski definition) is 1. The second-order valence-electron chi connectivity index (χ2n) is 6.89. The summed E-state index contributed by atoms with van der Waals surface area (Å²) in [5.41, 5.74) is 2.59. The molecule has 1 aliphatic carbocycles. The number of hydrogen-bond donors (Lipinski definition) is 0. The maximum atomic E-state index is 13.7. The Labute approximate surface area is 143 Å². The lowest BCUT2D eigenvalue weighted by molar-refractivity contribution is -0.136. The van der Waals surface area contributed by atoms with Crippen LogP contribution < -0.4 is 0 Å². The fraction of sp³-hybridized carbons (Fsp3) is 0.381. The molecular formula is C21H24FNO. The van der Waals surface area contributed by atoms with E-state index in [0.717, 1.165) is 36.8 Å². The minimum absolute atomic E-state index is 0.105. The van der Waals surface area contributed by atoms with Gasteiger partial charge in [-0.05, 0) is 48.6 Å². The maximum Gasteiger partial charge on any atom is 0.233 e. The predicted molar refractivity (Wildman–Crippen MR) is 94.2 cm³/mol. The quantitative estimate of drug-likeness (QED) is 0.804. The largest absolute Gasteiger partial charge is 0.341 e. The standard InChI is InChI=1S/C21H24FNO/c1-16-8-3-4-9-17(16)15-23(2)20(24)21(12-5-6-13-21)18-10-7-11-19(22)14-18/h3-4,7-11,14H,5-6,12-13,15H2,1-2H3. The van der Waals surface area contributed by atoms with Gasteiger partial charge < -0.3 is 4.90 Å². The van der Waals surface area contributed by atoms with Gasteiger partial charge in [0.25, 0.3) is 0 Å². The molecule has 3 rings (SSSR count). The normalized spacial score (nSPS) is 16.1. The first-order valence-electron chi connectivity index (χ1n) is 8.59. The highest BCUT2D eigenvalue weighted by atomic mass is 19.1. The molecule has 0 spiro atoms. The van der Waals surface area contributed by atoms with Gasteiger partial charge in [-0.2, -0.15) is 0 Å². The van der Waals surface area contributed by atoms with Gasteiger partial charge in [-0.1, -0.05) is 49.2 Å². The Hall–Kier alpha value is -2.16. The van der Waals surface area contributed by atoms with Crippen LogP contribution in [0.2, 0.25) is 0 Å². The summed E-state index contributed by atoms with van der Waals surface area (Å²) in [6.07, 6.45) is 3.63. The van der Waals surface area contributed by atoms with Gasteiger partial charge >= 0.3 is 0 Å². The predicted octanol–water partition coefficient (Wildman–Crippen LogP) is 4.60. The van der Waals surface area contributed by atoms with Gasteiger partial charge in [0, 0.05) is 13.6 Å². The zero-order valence-electron chi connectivity index (χ0n) is 14.4. The lowest BCUT2D eigenvalue weighted by atomic mass is 9.77. The Kier molecular flexibility index (Phi) is 4.70. The van der Waals surface area contributed by atoms with Gasteiger partial charge in [0.2, 0.25) is 5.91 Å². The van der Waals surface area contributed by atoms with Crippen LogP contribution in [0.1, 0.15) is 42.4 Å². The molecule has 126 valence electrons. The van der Waals surface area contributed by atoms with Crippen molar-refractivity contribution < 1.29 is 9.18 Å². The number of carbonyl (C=O) groups excluding carboxylic acids is 1. The molecule has 2 nitrogen and oxygen atoms in total. The van der Waals surface area contributed by atoms with Crippen molar-refractivity contribution in [3.8, 4) is 0 Å². The highest BCUT2D eigenvalue weighted by Crippen LogP contribution is 2.42. The van der Waals surface area contributed by atoms with Crippen LogP contribution in [0.25, 0.3) is 0 Å². The number of rotatable bonds is 4. The summed E-state index contributed by atoms with van der Waals surface area (Å²) >= 11 is 0. The summed E-state index contributed by atoms with van der Waals surface area (Å²) in [6, 6.07) is 14.7. The van der Waals surface area contributed by atoms with Crippen molar-refractivity contribution in [1.29, 1.82) is 0 Å². The van der Waals surface area contributed by atoms with E-state index < -0.39 is 5.41 Å². The van der Waals surface area contributed by atoms with E-state index in [9.17, 15) is 9.18 Å². The lowest BCUT2D eigenvalue weighted by Gasteiger charge is -2.33. The van der Waals surface area contributed by atoms with Gasteiger partial charge in [0.05, 0.1) is 5.41 Å². The number of halogens is 1. The first kappa shape index (κ1) is 16.7. The molecule has 0 unspecified atom stereocenters. The van der Waals surface area contributed by atoms with Crippen LogP contribution in [0, 0.1) is 12.7 Å². The molecule has 2 aromatic rings. The average molecular weight is 325 g/mol. The molecule has 0 aromatic heterocycles. The lowest BCUT2D eigenvalue weighted by Crippen LogP contribution is -2.43. The molecule has 0 aliphatic heterocycles. The van der Waals surface area contributed by atoms with Crippen molar-refractivity contribution in [3.05, 3.63) is 71.0 Å². The third kappa shape index (κ3) is 3.08. The third-order valence-corrected chi connectivity index (χ3v) is 5.26. The van der Waals surface area contributed by atoms with E-state index in [-0.39, 0.29) is 11.7 Å². The SMILES string of the molecule is Cc1ccccc1CN(C)C(=O)C1(c2cccc(F)c2)CCCC1. The average Bonchev–Trinajstić information content (AvgIpc) is 3.07. The molecule has 0 N–H and O–H groups in total. The molecule has 0 heterocycles. The molecule has 0 saturated heterocycles. The third-order valence-electron chi connectivity index (χ3n) is 5.26. The van der Waals surface area contributed by atoms with E-state index in [1.54, 1.807) is 11.0 Å². The molecule has 1 amide bonds. The second-order valence-corrected chi connectivity index (χ2v) is 6.89. The van der Waals surface area contributed by atoms with Crippen molar-refractivity contribution >= 4 is 5.91 Å². The number of carbonyl (C=O) groups is 1. The molecular weight excluding hydrogens is 301 g/mol. The van der Waals surface area contributed by atoms with E-state index >= 15 is 0 Å². The summed E-state index contributed by atoms with van der Waals surface area (Å²) in [5, 5.41) is 0. The topological polar surface area (TPSA) is 20.3 Å². The van der Waals surface area contributed by atoms with Crippen LogP contribution in [-0.4, -0.2) is 17.9 Å². The molecule has 2 aromatic carbocycles. The van der Waals surface area contributed by atoms with Crippen LogP contribution in [0.5, 0.6) is 0 Å². The summed E-state index contributed by atoms with van der Waals surface area (Å²) in [6.45, 7) is 2.65. The van der Waals surface area contributed by atoms with Crippen molar-refractivity contribution in [2.45, 2.75) is 44.6 Å². The highest BCUT2D eigenvalue weighted by Gasteiger charge is 2.44. The molecule has 3 heteroatoms. The molecule has 0 atom stereocenters. The second kappa shape index (κ2) is 6.76. The molecule has 1 aliphatic rings. The van der Waals surface area contributed by atoms with E-state index in [4.69, 9.17) is 0 Å². The summed E-state index contributed by atoms with van der Waals surface area (Å²) in [5.74, 6) is -0.165. The van der Waals surface area contributed by atoms with E-state index in [1.165, 1.54) is 17.7 Å². The minimum Gasteiger partial charge on any atom is -0.341 e. The monoisotopic (exact) mass is 325 g/mol. The zero-order valence-corrected chi connectivity index (χ0v) is 14.4.